The molecule has 2 aromatic rings. The van der Waals surface area contributed by atoms with Crippen molar-refractivity contribution in [2.45, 2.75) is 13.8 Å². The van der Waals surface area contributed by atoms with Crippen LogP contribution in [0.2, 0.25) is 0 Å². The fourth-order valence-corrected chi connectivity index (χ4v) is 3.15. The minimum Gasteiger partial charge on any atom is -0.454 e. The van der Waals surface area contributed by atoms with Crippen molar-refractivity contribution in [1.82, 2.24) is 4.90 Å². The van der Waals surface area contributed by atoms with E-state index in [1.54, 1.807) is 24.3 Å². The fourth-order valence-electron chi connectivity index (χ4n) is 2.92. The van der Waals surface area contributed by atoms with E-state index in [9.17, 15) is 19.2 Å². The van der Waals surface area contributed by atoms with E-state index in [-0.39, 0.29) is 11.1 Å². The molecular weight excluding hydrogens is 428 g/mol. The number of benzene rings is 2. The zero-order chi connectivity index (χ0) is 20.4. The lowest BCUT2D eigenvalue weighted by molar-refractivity contribution is -0.147. The Balaban J connectivity index is 1.54. The van der Waals surface area contributed by atoms with E-state index in [0.717, 1.165) is 20.5 Å². The first kappa shape index (κ1) is 19.8. The van der Waals surface area contributed by atoms with Gasteiger partial charge in [0.15, 0.2) is 6.61 Å². The Hall–Kier alpha value is -3.00. The Morgan fingerprint density at radius 3 is 2.11 bits per heavy atom. The number of anilines is 1. The molecule has 0 saturated heterocycles. The van der Waals surface area contributed by atoms with E-state index >= 15 is 0 Å². The predicted molar refractivity (Wildman–Crippen MR) is 105 cm³/mol. The number of carbonyl (C=O) groups excluding carboxylic acids is 4. The molecule has 1 aliphatic heterocycles. The molecule has 8 heteroatoms. The van der Waals surface area contributed by atoms with E-state index < -0.39 is 36.8 Å². The molecule has 3 rings (SSSR count). The molecule has 0 aliphatic carbocycles. The Morgan fingerprint density at radius 1 is 1.04 bits per heavy atom. The summed E-state index contributed by atoms with van der Waals surface area (Å²) in [5.74, 6) is -2.46. The van der Waals surface area contributed by atoms with Gasteiger partial charge in [0.25, 0.3) is 17.7 Å². The molecule has 3 amide bonds. The third-order valence-electron chi connectivity index (χ3n) is 4.25. The molecule has 1 heterocycles. The second-order valence-electron chi connectivity index (χ2n) is 6.37. The number of ether oxygens (including phenoxy) is 1. The number of amides is 3. The number of rotatable bonds is 5. The van der Waals surface area contributed by atoms with Crippen molar-refractivity contribution < 1.29 is 23.9 Å². The molecule has 0 spiro atoms. The number of nitrogens with zero attached hydrogens (tertiary/aromatic N) is 1. The smallest absolute Gasteiger partial charge is 0.326 e. The van der Waals surface area contributed by atoms with Crippen LogP contribution in [0, 0.1) is 13.8 Å². The van der Waals surface area contributed by atoms with Gasteiger partial charge in [0.1, 0.15) is 6.54 Å². The van der Waals surface area contributed by atoms with Crippen LogP contribution in [-0.2, 0) is 14.3 Å². The number of imide groups is 1. The standard InChI is InChI=1S/C20H17BrN2O5/c1-11-7-13(8-12(2)18(11)21)22-16(24)10-28-17(25)9-23-19(26)14-5-3-4-6-15(14)20(23)27/h3-8H,9-10H2,1-2H3,(H,22,24). The molecule has 7 nitrogen and oxygen atoms in total. The number of hydrogen-bond acceptors (Lipinski definition) is 5. The lowest BCUT2D eigenvalue weighted by Crippen LogP contribution is -2.36. The summed E-state index contributed by atoms with van der Waals surface area (Å²) in [4.78, 5) is 49.3. The maximum absolute atomic E-state index is 12.2. The molecule has 0 atom stereocenters. The molecule has 28 heavy (non-hydrogen) atoms. The van der Waals surface area contributed by atoms with Crippen LogP contribution in [-0.4, -0.2) is 41.7 Å². The van der Waals surface area contributed by atoms with Crippen molar-refractivity contribution >= 4 is 45.3 Å². The number of carbonyl (C=O) groups is 4. The molecule has 0 bridgehead atoms. The highest BCUT2D eigenvalue weighted by molar-refractivity contribution is 9.10. The first-order valence-electron chi connectivity index (χ1n) is 8.45. The summed E-state index contributed by atoms with van der Waals surface area (Å²) in [5.41, 5.74) is 2.99. The Labute approximate surface area is 169 Å². The van der Waals surface area contributed by atoms with Gasteiger partial charge in [0.2, 0.25) is 0 Å². The van der Waals surface area contributed by atoms with Gasteiger partial charge in [-0.3, -0.25) is 24.1 Å². The summed E-state index contributed by atoms with van der Waals surface area (Å²) in [6.45, 7) is 2.73. The van der Waals surface area contributed by atoms with Crippen LogP contribution >= 0.6 is 15.9 Å². The molecule has 1 N–H and O–H groups in total. The van der Waals surface area contributed by atoms with Crippen molar-refractivity contribution in [3.63, 3.8) is 0 Å². The molecule has 0 fully saturated rings. The molecule has 0 aromatic heterocycles. The summed E-state index contributed by atoms with van der Waals surface area (Å²) in [5, 5.41) is 2.65. The van der Waals surface area contributed by atoms with Crippen LogP contribution in [0.4, 0.5) is 5.69 Å². The molecule has 144 valence electrons. The van der Waals surface area contributed by atoms with Crippen molar-refractivity contribution in [3.05, 3.63) is 63.1 Å². The summed E-state index contributed by atoms with van der Waals surface area (Å²) in [6, 6.07) is 9.90. The van der Waals surface area contributed by atoms with Gasteiger partial charge >= 0.3 is 5.97 Å². The predicted octanol–water partition coefficient (Wildman–Crippen LogP) is 2.84. The van der Waals surface area contributed by atoms with Gasteiger partial charge in [-0.2, -0.15) is 0 Å². The summed E-state index contributed by atoms with van der Waals surface area (Å²) in [6.07, 6.45) is 0. The average molecular weight is 445 g/mol. The van der Waals surface area contributed by atoms with Crippen molar-refractivity contribution in [1.29, 1.82) is 0 Å². The van der Waals surface area contributed by atoms with Crippen LogP contribution in [0.25, 0.3) is 0 Å². The van der Waals surface area contributed by atoms with Gasteiger partial charge < -0.3 is 10.1 Å². The Morgan fingerprint density at radius 2 is 1.57 bits per heavy atom. The molecule has 0 radical (unpaired) electrons. The second kappa shape index (κ2) is 7.93. The van der Waals surface area contributed by atoms with Gasteiger partial charge in [-0.25, -0.2) is 0 Å². The topological polar surface area (TPSA) is 92.8 Å². The second-order valence-corrected chi connectivity index (χ2v) is 7.17. The molecule has 1 aliphatic rings. The van der Waals surface area contributed by atoms with Crippen LogP contribution in [0.3, 0.4) is 0 Å². The van der Waals surface area contributed by atoms with E-state index in [4.69, 9.17) is 4.74 Å². The first-order valence-corrected chi connectivity index (χ1v) is 9.24. The number of nitrogens with one attached hydrogen (secondary N) is 1. The monoisotopic (exact) mass is 444 g/mol. The van der Waals surface area contributed by atoms with Crippen LogP contribution in [0.5, 0.6) is 0 Å². The van der Waals surface area contributed by atoms with Gasteiger partial charge in [-0.15, -0.1) is 0 Å². The zero-order valence-electron chi connectivity index (χ0n) is 15.2. The lowest BCUT2D eigenvalue weighted by atomic mass is 10.1. The highest BCUT2D eigenvalue weighted by atomic mass is 79.9. The van der Waals surface area contributed by atoms with Gasteiger partial charge in [0.05, 0.1) is 11.1 Å². The van der Waals surface area contributed by atoms with Crippen LogP contribution < -0.4 is 5.32 Å². The van der Waals surface area contributed by atoms with E-state index in [1.807, 2.05) is 13.8 Å². The first-order chi connectivity index (χ1) is 13.3. The fraction of sp³-hybridized carbons (Fsp3) is 0.200. The normalized spacial score (nSPS) is 12.8. The molecule has 0 saturated carbocycles. The maximum Gasteiger partial charge on any atom is 0.326 e. The van der Waals surface area contributed by atoms with Crippen LogP contribution in [0.1, 0.15) is 31.8 Å². The minimum absolute atomic E-state index is 0.249. The molecule has 2 aromatic carbocycles. The van der Waals surface area contributed by atoms with Crippen molar-refractivity contribution in [3.8, 4) is 0 Å². The van der Waals surface area contributed by atoms with E-state index in [0.29, 0.717) is 5.69 Å². The van der Waals surface area contributed by atoms with Crippen LogP contribution in [0.15, 0.2) is 40.9 Å². The van der Waals surface area contributed by atoms with Gasteiger partial charge in [-0.05, 0) is 49.2 Å². The largest absolute Gasteiger partial charge is 0.454 e. The Kier molecular flexibility index (Phi) is 5.60. The van der Waals surface area contributed by atoms with Gasteiger partial charge in [0, 0.05) is 10.2 Å². The quantitative estimate of drug-likeness (QED) is 0.565. The summed E-state index contributed by atoms with van der Waals surface area (Å²) in [7, 11) is 0. The van der Waals surface area contributed by atoms with E-state index in [1.165, 1.54) is 12.1 Å². The number of halogens is 1. The molecule has 0 unspecified atom stereocenters. The van der Waals surface area contributed by atoms with Gasteiger partial charge in [-0.1, -0.05) is 28.1 Å². The minimum atomic E-state index is -0.840. The number of aryl methyl sites for hydroxylation is 2. The third kappa shape index (κ3) is 3.96. The maximum atomic E-state index is 12.2. The molecular formula is C20H17BrN2O5. The van der Waals surface area contributed by atoms with Crippen molar-refractivity contribution in [2.75, 3.05) is 18.5 Å². The number of fused-ring (bicyclic) bond motifs is 1. The highest BCUT2D eigenvalue weighted by Gasteiger charge is 2.36. The highest BCUT2D eigenvalue weighted by Crippen LogP contribution is 2.25. The lowest BCUT2D eigenvalue weighted by Gasteiger charge is -2.13. The summed E-state index contributed by atoms with van der Waals surface area (Å²) < 4.78 is 5.87. The Bertz CT molecular complexity index is 944. The SMILES string of the molecule is Cc1cc(NC(=O)COC(=O)CN2C(=O)c3ccccc3C2=O)cc(C)c1Br. The average Bonchev–Trinajstić information content (AvgIpc) is 2.90. The van der Waals surface area contributed by atoms with Crippen molar-refractivity contribution in [2.24, 2.45) is 0 Å². The number of hydrogen-bond donors (Lipinski definition) is 1. The van der Waals surface area contributed by atoms with E-state index in [2.05, 4.69) is 21.2 Å². The summed E-state index contributed by atoms with van der Waals surface area (Å²) >= 11 is 3.45. The number of esters is 1. The third-order valence-corrected chi connectivity index (χ3v) is 5.50. The zero-order valence-corrected chi connectivity index (χ0v) is 16.8.